The van der Waals surface area contributed by atoms with Gasteiger partial charge in [-0.1, -0.05) is 22.2 Å². The number of halogens is 1. The summed E-state index contributed by atoms with van der Waals surface area (Å²) >= 11 is 7.23. The number of nitrogens with zero attached hydrogens (tertiary/aromatic N) is 3. The lowest BCUT2D eigenvalue weighted by molar-refractivity contribution is -0.124. The van der Waals surface area contributed by atoms with E-state index in [0.29, 0.717) is 22.2 Å². The monoisotopic (exact) mass is 432 g/mol. The normalized spacial score (nSPS) is 12.4. The van der Waals surface area contributed by atoms with Crippen LogP contribution >= 0.6 is 23.1 Å². The Morgan fingerprint density at radius 1 is 1.24 bits per heavy atom. The van der Waals surface area contributed by atoms with Gasteiger partial charge >= 0.3 is 0 Å². The summed E-state index contributed by atoms with van der Waals surface area (Å²) < 4.78 is 9.53. The van der Waals surface area contributed by atoms with Crippen LogP contribution in [0.5, 0.6) is 0 Å². The van der Waals surface area contributed by atoms with E-state index in [-0.39, 0.29) is 11.6 Å². The number of aromatic nitrogens is 2. The molecule has 0 radical (unpaired) electrons. The molecule has 1 aromatic carbocycles. The van der Waals surface area contributed by atoms with Gasteiger partial charge in [0.1, 0.15) is 11.5 Å². The summed E-state index contributed by atoms with van der Waals surface area (Å²) in [6, 6.07) is 9.10. The van der Waals surface area contributed by atoms with Crippen molar-refractivity contribution < 1.29 is 14.0 Å². The second kappa shape index (κ2) is 8.34. The maximum Gasteiger partial charge on any atom is 0.280 e. The van der Waals surface area contributed by atoms with Crippen molar-refractivity contribution in [2.24, 2.45) is 0 Å². The van der Waals surface area contributed by atoms with Crippen LogP contribution < -0.4 is 10.2 Å². The first kappa shape index (κ1) is 21.0. The number of carbonyl (C=O) groups excluding carboxylic acids is 2. The second-order valence-electron chi connectivity index (χ2n) is 7.54. The molecule has 3 aromatic rings. The molecular weight excluding hydrogens is 412 g/mol. The van der Waals surface area contributed by atoms with E-state index >= 15 is 0 Å². The number of hydrogen-bond acceptors (Lipinski definition) is 6. The van der Waals surface area contributed by atoms with Gasteiger partial charge in [-0.3, -0.25) is 14.5 Å². The smallest absolute Gasteiger partial charge is 0.280 e. The number of rotatable bonds is 5. The third kappa shape index (κ3) is 5.02. The van der Waals surface area contributed by atoms with Crippen LogP contribution in [0.1, 0.15) is 48.8 Å². The van der Waals surface area contributed by atoms with E-state index in [1.165, 1.54) is 10.3 Å². The molecule has 1 atom stereocenters. The maximum absolute atomic E-state index is 13.4. The number of nitrogens with one attached hydrogen (secondary N) is 1. The van der Waals surface area contributed by atoms with Crippen molar-refractivity contribution >= 4 is 40.6 Å². The number of carbonyl (C=O) groups is 2. The molecule has 1 N–H and O–H groups in total. The van der Waals surface area contributed by atoms with Crippen molar-refractivity contribution in [1.82, 2.24) is 14.9 Å². The number of aryl methyl sites for hydroxylation is 1. The van der Waals surface area contributed by atoms with E-state index in [0.717, 1.165) is 11.5 Å². The zero-order valence-corrected chi connectivity index (χ0v) is 18.0. The lowest BCUT2D eigenvalue weighted by Gasteiger charge is -2.32. The van der Waals surface area contributed by atoms with Crippen LogP contribution in [-0.2, 0) is 4.79 Å². The number of anilines is 1. The molecule has 0 saturated heterocycles. The minimum absolute atomic E-state index is 0.131. The van der Waals surface area contributed by atoms with Crippen LogP contribution in [0.2, 0.25) is 5.02 Å². The zero-order chi connectivity index (χ0) is 21.2. The highest BCUT2D eigenvalue weighted by atomic mass is 35.5. The van der Waals surface area contributed by atoms with Crippen LogP contribution in [0, 0.1) is 6.92 Å². The van der Waals surface area contributed by atoms with Gasteiger partial charge in [0.25, 0.3) is 11.8 Å². The van der Waals surface area contributed by atoms with E-state index in [1.54, 1.807) is 43.3 Å². The molecule has 3 rings (SSSR count). The summed E-state index contributed by atoms with van der Waals surface area (Å²) in [6.45, 7) is 7.37. The topological polar surface area (TPSA) is 88.3 Å². The summed E-state index contributed by atoms with van der Waals surface area (Å²) in [4.78, 5) is 28.0. The molecular formula is C20H21ClN4O3S. The minimum atomic E-state index is -1.06. The number of benzene rings is 1. The number of amides is 2. The quantitative estimate of drug-likeness (QED) is 0.645. The molecule has 29 heavy (non-hydrogen) atoms. The summed E-state index contributed by atoms with van der Waals surface area (Å²) in [5.41, 5.74) is 0.0628. The maximum atomic E-state index is 13.4. The van der Waals surface area contributed by atoms with Crippen molar-refractivity contribution in [1.29, 1.82) is 0 Å². The van der Waals surface area contributed by atoms with Gasteiger partial charge in [-0.05, 0) is 69.6 Å². The molecule has 1 unspecified atom stereocenters. The van der Waals surface area contributed by atoms with Crippen molar-refractivity contribution in [3.8, 4) is 0 Å². The van der Waals surface area contributed by atoms with E-state index in [9.17, 15) is 9.59 Å². The predicted octanol–water partition coefficient (Wildman–Crippen LogP) is 4.40. The SMILES string of the molecule is Cc1ccc(C(C(=O)NC(C)(C)C)N(C(=O)c2csnn2)c2cccc(Cl)c2)o1. The molecule has 0 bridgehead atoms. The van der Waals surface area contributed by atoms with Crippen LogP contribution in [-0.4, -0.2) is 26.9 Å². The minimum Gasteiger partial charge on any atom is -0.464 e. The summed E-state index contributed by atoms with van der Waals surface area (Å²) in [7, 11) is 0. The lowest BCUT2D eigenvalue weighted by Crippen LogP contribution is -2.49. The van der Waals surface area contributed by atoms with Crippen molar-refractivity contribution in [2.45, 2.75) is 39.3 Å². The van der Waals surface area contributed by atoms with Crippen LogP contribution in [0.3, 0.4) is 0 Å². The summed E-state index contributed by atoms with van der Waals surface area (Å²) in [5.74, 6) is 0.0932. The molecule has 2 heterocycles. The number of furan rings is 1. The highest BCUT2D eigenvalue weighted by Gasteiger charge is 2.37. The molecule has 0 saturated carbocycles. The zero-order valence-electron chi connectivity index (χ0n) is 16.5. The van der Waals surface area contributed by atoms with Crippen molar-refractivity contribution in [3.63, 3.8) is 0 Å². The molecule has 152 valence electrons. The van der Waals surface area contributed by atoms with Gasteiger partial charge in [0, 0.05) is 21.6 Å². The first-order valence-electron chi connectivity index (χ1n) is 8.90. The fourth-order valence-corrected chi connectivity index (χ4v) is 3.42. The predicted molar refractivity (Wildman–Crippen MR) is 112 cm³/mol. The fraction of sp³-hybridized carbons (Fsp3) is 0.300. The lowest BCUT2D eigenvalue weighted by atomic mass is 10.1. The summed E-state index contributed by atoms with van der Waals surface area (Å²) in [5, 5.41) is 8.78. The van der Waals surface area contributed by atoms with Gasteiger partial charge in [-0.15, -0.1) is 5.10 Å². The number of hydrogen-bond donors (Lipinski definition) is 1. The third-order valence-corrected chi connectivity index (χ3v) is 4.66. The first-order valence-corrected chi connectivity index (χ1v) is 10.1. The second-order valence-corrected chi connectivity index (χ2v) is 8.58. The third-order valence-electron chi connectivity index (χ3n) is 3.92. The van der Waals surface area contributed by atoms with Gasteiger partial charge in [0.05, 0.1) is 0 Å². The molecule has 7 nitrogen and oxygen atoms in total. The van der Waals surface area contributed by atoms with Gasteiger partial charge in [0.15, 0.2) is 11.7 Å². The highest BCUT2D eigenvalue weighted by Crippen LogP contribution is 2.32. The Hall–Kier alpha value is -2.71. The standard InChI is InChI=1S/C20H21ClN4O3S/c1-12-8-9-16(28-12)17(18(26)22-20(2,3)4)25(14-7-5-6-13(21)10-14)19(27)15-11-29-24-23-15/h5-11,17H,1-4H3,(H,22,26). The molecule has 0 spiro atoms. The van der Waals surface area contributed by atoms with E-state index < -0.39 is 17.5 Å². The molecule has 0 aliphatic carbocycles. The van der Waals surface area contributed by atoms with Gasteiger partial charge in [-0.25, -0.2) is 0 Å². The summed E-state index contributed by atoms with van der Waals surface area (Å²) in [6.07, 6.45) is 0. The Morgan fingerprint density at radius 2 is 2.00 bits per heavy atom. The Labute approximate surface area is 177 Å². The Bertz CT molecular complexity index is 1010. The van der Waals surface area contributed by atoms with Crippen molar-refractivity contribution in [3.05, 3.63) is 64.0 Å². The molecule has 2 aromatic heterocycles. The Kier molecular flexibility index (Phi) is 6.04. The van der Waals surface area contributed by atoms with Crippen molar-refractivity contribution in [2.75, 3.05) is 4.90 Å². The largest absolute Gasteiger partial charge is 0.464 e. The molecule has 0 aliphatic rings. The van der Waals surface area contributed by atoms with Crippen LogP contribution in [0.25, 0.3) is 0 Å². The van der Waals surface area contributed by atoms with Gasteiger partial charge < -0.3 is 9.73 Å². The fourth-order valence-electron chi connectivity index (χ4n) is 2.80. The Balaban J connectivity index is 2.16. The van der Waals surface area contributed by atoms with Gasteiger partial charge in [0.2, 0.25) is 0 Å². The van der Waals surface area contributed by atoms with E-state index in [1.807, 2.05) is 20.8 Å². The average Bonchev–Trinajstić information content (AvgIpc) is 3.29. The van der Waals surface area contributed by atoms with E-state index in [4.69, 9.17) is 16.0 Å². The van der Waals surface area contributed by atoms with E-state index in [2.05, 4.69) is 14.9 Å². The highest BCUT2D eigenvalue weighted by molar-refractivity contribution is 7.03. The van der Waals surface area contributed by atoms with Gasteiger partial charge in [-0.2, -0.15) is 0 Å². The molecule has 2 amide bonds. The Morgan fingerprint density at radius 3 is 2.55 bits per heavy atom. The molecule has 0 aliphatic heterocycles. The van der Waals surface area contributed by atoms with Crippen LogP contribution in [0.15, 0.2) is 46.2 Å². The average molecular weight is 433 g/mol. The first-order chi connectivity index (χ1) is 13.7. The molecule has 0 fully saturated rings. The molecule has 9 heteroatoms. The van der Waals surface area contributed by atoms with Crippen LogP contribution in [0.4, 0.5) is 5.69 Å².